The Labute approximate surface area is 139 Å². The summed E-state index contributed by atoms with van der Waals surface area (Å²) < 4.78 is 1.80. The number of hydrogen-bond acceptors (Lipinski definition) is 3. The molecule has 118 valence electrons. The number of ketones is 1. The van der Waals surface area contributed by atoms with Gasteiger partial charge >= 0.3 is 0 Å². The smallest absolute Gasteiger partial charge is 0.189 e. The summed E-state index contributed by atoms with van der Waals surface area (Å²) >= 11 is 0. The highest BCUT2D eigenvalue weighted by atomic mass is 16.3. The molecule has 0 aliphatic heterocycles. The molecule has 1 heterocycles. The van der Waals surface area contributed by atoms with Gasteiger partial charge in [-0.05, 0) is 54.8 Å². The van der Waals surface area contributed by atoms with Gasteiger partial charge in [-0.3, -0.25) is 4.79 Å². The molecule has 1 aliphatic carbocycles. The molecule has 1 N–H and O–H groups in total. The average Bonchev–Trinajstić information content (AvgIpc) is 3.07. The fourth-order valence-electron chi connectivity index (χ4n) is 3.04. The molecule has 0 unspecified atom stereocenters. The maximum absolute atomic E-state index is 12.6. The van der Waals surface area contributed by atoms with Crippen molar-refractivity contribution in [2.24, 2.45) is 0 Å². The van der Waals surface area contributed by atoms with Crippen LogP contribution in [0.4, 0.5) is 0 Å². The number of nitrogens with zero attached hydrogens (tertiary/aromatic N) is 2. The first-order chi connectivity index (χ1) is 11.7. The molecule has 0 spiro atoms. The van der Waals surface area contributed by atoms with Crippen LogP contribution in [-0.2, 0) is 6.42 Å². The second-order valence-corrected chi connectivity index (χ2v) is 5.89. The van der Waals surface area contributed by atoms with E-state index in [0.29, 0.717) is 12.0 Å². The summed E-state index contributed by atoms with van der Waals surface area (Å²) in [6.45, 7) is 0. The molecule has 4 nitrogen and oxygen atoms in total. The van der Waals surface area contributed by atoms with Crippen LogP contribution in [0.3, 0.4) is 0 Å². The van der Waals surface area contributed by atoms with Gasteiger partial charge in [-0.15, -0.1) is 0 Å². The number of para-hydroxylation sites is 1. The quantitative estimate of drug-likeness (QED) is 0.732. The number of phenols is 1. The van der Waals surface area contributed by atoms with Crippen molar-refractivity contribution < 1.29 is 9.90 Å². The Balaban J connectivity index is 1.64. The van der Waals surface area contributed by atoms with Gasteiger partial charge in [-0.2, -0.15) is 5.10 Å². The van der Waals surface area contributed by atoms with Crippen LogP contribution in [-0.4, -0.2) is 20.7 Å². The highest BCUT2D eigenvalue weighted by Gasteiger charge is 2.22. The zero-order valence-corrected chi connectivity index (χ0v) is 13.0. The largest absolute Gasteiger partial charge is 0.508 e. The lowest BCUT2D eigenvalue weighted by molar-refractivity contribution is 0.102. The van der Waals surface area contributed by atoms with Gasteiger partial charge < -0.3 is 5.11 Å². The van der Waals surface area contributed by atoms with Crippen molar-refractivity contribution in [3.63, 3.8) is 0 Å². The molecule has 2 aromatic carbocycles. The first-order valence-corrected chi connectivity index (χ1v) is 7.88. The number of rotatable bonds is 2. The number of phenolic OH excluding ortho intramolecular Hbond substituents is 1. The number of allylic oxidation sites excluding steroid dienone is 1. The second-order valence-electron chi connectivity index (χ2n) is 5.89. The normalized spacial score (nSPS) is 15.5. The minimum atomic E-state index is 0.0312. The summed E-state index contributed by atoms with van der Waals surface area (Å²) in [6.07, 6.45) is 7.02. The molecule has 1 aromatic heterocycles. The molecule has 0 bridgehead atoms. The number of aromatic hydroxyl groups is 1. The Morgan fingerprint density at radius 2 is 1.92 bits per heavy atom. The molecule has 0 fully saturated rings. The van der Waals surface area contributed by atoms with Gasteiger partial charge in [-0.1, -0.05) is 18.2 Å². The van der Waals surface area contributed by atoms with Crippen molar-refractivity contribution in [3.05, 3.63) is 83.2 Å². The van der Waals surface area contributed by atoms with Crippen molar-refractivity contribution >= 4 is 11.9 Å². The van der Waals surface area contributed by atoms with Crippen LogP contribution in [0.5, 0.6) is 5.75 Å². The average molecular weight is 316 g/mol. The fourth-order valence-corrected chi connectivity index (χ4v) is 3.04. The second kappa shape index (κ2) is 5.81. The summed E-state index contributed by atoms with van der Waals surface area (Å²) in [5.74, 6) is 0.238. The van der Waals surface area contributed by atoms with Crippen LogP contribution in [0.25, 0.3) is 11.8 Å². The van der Waals surface area contributed by atoms with Crippen LogP contribution in [0.1, 0.15) is 27.9 Å². The molecular formula is C20H16N2O2. The minimum Gasteiger partial charge on any atom is -0.508 e. The van der Waals surface area contributed by atoms with Crippen LogP contribution in [0.2, 0.25) is 0 Å². The topological polar surface area (TPSA) is 55.1 Å². The van der Waals surface area contributed by atoms with Gasteiger partial charge in [0.1, 0.15) is 5.75 Å². The summed E-state index contributed by atoms with van der Waals surface area (Å²) in [5, 5.41) is 13.9. The van der Waals surface area contributed by atoms with Crippen molar-refractivity contribution in [2.75, 3.05) is 0 Å². The molecule has 24 heavy (non-hydrogen) atoms. The zero-order chi connectivity index (χ0) is 16.5. The van der Waals surface area contributed by atoms with E-state index in [1.165, 1.54) is 0 Å². The molecule has 1 aliphatic rings. The van der Waals surface area contributed by atoms with Crippen LogP contribution >= 0.6 is 0 Å². The van der Waals surface area contributed by atoms with Gasteiger partial charge in [0.2, 0.25) is 0 Å². The summed E-state index contributed by atoms with van der Waals surface area (Å²) in [7, 11) is 0. The predicted octanol–water partition coefficient (Wildman–Crippen LogP) is 3.79. The zero-order valence-electron chi connectivity index (χ0n) is 13.0. The molecule has 3 aromatic rings. The predicted molar refractivity (Wildman–Crippen MR) is 92.3 cm³/mol. The van der Waals surface area contributed by atoms with E-state index < -0.39 is 0 Å². The van der Waals surface area contributed by atoms with E-state index in [0.717, 1.165) is 28.8 Å². The summed E-state index contributed by atoms with van der Waals surface area (Å²) in [5.41, 5.74) is 4.26. The summed E-state index contributed by atoms with van der Waals surface area (Å²) in [6, 6.07) is 14.8. The van der Waals surface area contributed by atoms with Crippen molar-refractivity contribution in [2.45, 2.75) is 12.8 Å². The van der Waals surface area contributed by atoms with E-state index in [1.807, 2.05) is 42.6 Å². The monoisotopic (exact) mass is 316 g/mol. The highest BCUT2D eigenvalue weighted by molar-refractivity contribution is 6.13. The van der Waals surface area contributed by atoms with Crippen molar-refractivity contribution in [3.8, 4) is 11.4 Å². The lowest BCUT2D eigenvalue weighted by atomic mass is 9.86. The van der Waals surface area contributed by atoms with E-state index in [2.05, 4.69) is 5.10 Å². The first-order valence-electron chi connectivity index (χ1n) is 7.88. The molecule has 4 rings (SSSR count). The molecule has 0 amide bonds. The number of Topliss-reactive ketones (excluding diaryl/α,β-unsaturated/α-hetero) is 1. The first kappa shape index (κ1) is 14.5. The standard InChI is InChI=1S/C20H16N2O2/c23-18-8-9-19-15(11-18)6-7-16(20(19)24)10-14-12-21-22(13-14)17-4-2-1-3-5-17/h1-5,8-13,23H,6-7H2/b16-10+. The third-order valence-corrected chi connectivity index (χ3v) is 4.25. The Hall–Kier alpha value is -3.14. The molecule has 0 radical (unpaired) electrons. The Bertz CT molecular complexity index is 939. The lowest BCUT2D eigenvalue weighted by Gasteiger charge is -2.17. The van der Waals surface area contributed by atoms with Gasteiger partial charge in [0.15, 0.2) is 5.78 Å². The van der Waals surface area contributed by atoms with Crippen LogP contribution < -0.4 is 0 Å². The SMILES string of the molecule is O=C1/C(=C/c2cnn(-c3ccccc3)c2)CCc2cc(O)ccc21. The minimum absolute atomic E-state index is 0.0312. The molecular weight excluding hydrogens is 300 g/mol. The van der Waals surface area contributed by atoms with Gasteiger partial charge in [0.05, 0.1) is 11.9 Å². The molecule has 4 heteroatoms. The highest BCUT2D eigenvalue weighted by Crippen LogP contribution is 2.29. The van der Waals surface area contributed by atoms with Crippen LogP contribution in [0.15, 0.2) is 66.5 Å². The number of carbonyl (C=O) groups excluding carboxylic acids is 1. The number of benzene rings is 2. The van der Waals surface area contributed by atoms with E-state index in [4.69, 9.17) is 0 Å². The third kappa shape index (κ3) is 2.63. The van der Waals surface area contributed by atoms with Crippen molar-refractivity contribution in [1.29, 1.82) is 0 Å². The fraction of sp³-hybridized carbons (Fsp3) is 0.100. The van der Waals surface area contributed by atoms with E-state index >= 15 is 0 Å². The third-order valence-electron chi connectivity index (χ3n) is 4.25. The summed E-state index contributed by atoms with van der Waals surface area (Å²) in [4.78, 5) is 12.6. The Kier molecular flexibility index (Phi) is 3.50. The Morgan fingerprint density at radius 3 is 2.75 bits per heavy atom. The lowest BCUT2D eigenvalue weighted by Crippen LogP contribution is -2.13. The van der Waals surface area contributed by atoms with Gasteiger partial charge in [-0.25, -0.2) is 4.68 Å². The van der Waals surface area contributed by atoms with Crippen LogP contribution in [0, 0.1) is 0 Å². The number of carbonyl (C=O) groups is 1. The maximum atomic E-state index is 12.6. The molecule has 0 saturated carbocycles. The maximum Gasteiger partial charge on any atom is 0.189 e. The van der Waals surface area contributed by atoms with E-state index in [9.17, 15) is 9.90 Å². The number of aryl methyl sites for hydroxylation is 1. The van der Waals surface area contributed by atoms with Gasteiger partial charge in [0, 0.05) is 22.9 Å². The van der Waals surface area contributed by atoms with Crippen molar-refractivity contribution in [1.82, 2.24) is 9.78 Å². The molecule has 0 saturated heterocycles. The van der Waals surface area contributed by atoms with E-state index in [-0.39, 0.29) is 11.5 Å². The number of fused-ring (bicyclic) bond motifs is 1. The number of hydrogen-bond donors (Lipinski definition) is 1. The Morgan fingerprint density at radius 1 is 1.08 bits per heavy atom. The van der Waals surface area contributed by atoms with E-state index in [1.54, 1.807) is 29.1 Å². The van der Waals surface area contributed by atoms with Gasteiger partial charge in [0.25, 0.3) is 0 Å². The molecule has 0 atom stereocenters. The number of aromatic nitrogens is 2.